The van der Waals surface area contributed by atoms with Crippen molar-refractivity contribution in [1.82, 2.24) is 4.90 Å². The lowest BCUT2D eigenvalue weighted by Gasteiger charge is -2.12. The van der Waals surface area contributed by atoms with Gasteiger partial charge in [-0.3, -0.25) is 0 Å². The van der Waals surface area contributed by atoms with Crippen LogP contribution in [0.1, 0.15) is 0 Å². The maximum absolute atomic E-state index is 4.89. The molecule has 0 saturated carbocycles. The van der Waals surface area contributed by atoms with Gasteiger partial charge in [-0.25, -0.2) is 0 Å². The van der Waals surface area contributed by atoms with Gasteiger partial charge in [0, 0.05) is 26.9 Å². The predicted octanol–water partition coefficient (Wildman–Crippen LogP) is 1.82. The molecule has 0 N–H and O–H groups in total. The number of rotatable bonds is 5. The van der Waals surface area contributed by atoms with Gasteiger partial charge in [0.1, 0.15) is 0 Å². The summed E-state index contributed by atoms with van der Waals surface area (Å²) in [5.41, 5.74) is 1.11. The van der Waals surface area contributed by atoms with Crippen molar-refractivity contribution in [3.63, 3.8) is 0 Å². The number of allylic oxidation sites excluding steroid dienone is 3. The summed E-state index contributed by atoms with van der Waals surface area (Å²) < 4.78 is 4.89. The summed E-state index contributed by atoms with van der Waals surface area (Å²) in [4.78, 5) is 2.02. The third-order valence-corrected chi connectivity index (χ3v) is 1.36. The number of likely N-dealkylation sites (N-methyl/N-ethyl adjacent to an activating group) is 1. The molecule has 0 fully saturated rings. The Hall–Kier alpha value is -1.02. The van der Waals surface area contributed by atoms with Crippen LogP contribution in [0.4, 0.5) is 0 Å². The van der Waals surface area contributed by atoms with Crippen molar-refractivity contribution < 1.29 is 4.74 Å². The smallest absolute Gasteiger partial charge is 0.0647 e. The zero-order valence-electron chi connectivity index (χ0n) is 8.08. The monoisotopic (exact) mass is 167 g/mol. The molecule has 0 spiro atoms. The molecule has 0 heterocycles. The summed E-state index contributed by atoms with van der Waals surface area (Å²) in [7, 11) is 5.66. The van der Waals surface area contributed by atoms with E-state index in [0.717, 1.165) is 5.70 Å². The molecule has 0 aromatic rings. The summed E-state index contributed by atoms with van der Waals surface area (Å²) in [6.07, 6.45) is 7.69. The van der Waals surface area contributed by atoms with E-state index in [2.05, 4.69) is 6.58 Å². The van der Waals surface area contributed by atoms with Crippen LogP contribution in [0.3, 0.4) is 0 Å². The second kappa shape index (κ2) is 6.68. The Bertz CT molecular complexity index is 180. The van der Waals surface area contributed by atoms with Crippen LogP contribution in [-0.2, 0) is 4.74 Å². The van der Waals surface area contributed by atoms with E-state index in [0.29, 0.717) is 6.61 Å². The van der Waals surface area contributed by atoms with Gasteiger partial charge in [-0.05, 0) is 12.2 Å². The topological polar surface area (TPSA) is 12.5 Å². The molecule has 0 aliphatic heterocycles. The molecule has 0 rings (SSSR count). The van der Waals surface area contributed by atoms with Gasteiger partial charge in [-0.1, -0.05) is 18.7 Å². The number of nitrogens with zero attached hydrogens (tertiary/aromatic N) is 1. The molecule has 0 radical (unpaired) electrons. The van der Waals surface area contributed by atoms with Crippen LogP contribution in [0.2, 0.25) is 0 Å². The van der Waals surface area contributed by atoms with Crippen LogP contribution in [0, 0.1) is 0 Å². The molecule has 0 aliphatic rings. The lowest BCUT2D eigenvalue weighted by Crippen LogP contribution is -2.08. The first-order chi connectivity index (χ1) is 5.72. The highest BCUT2D eigenvalue weighted by atomic mass is 16.5. The molecule has 0 amide bonds. The van der Waals surface area contributed by atoms with Crippen molar-refractivity contribution >= 4 is 0 Å². The highest BCUT2D eigenvalue weighted by molar-refractivity contribution is 5.21. The van der Waals surface area contributed by atoms with Gasteiger partial charge in [-0.15, -0.1) is 0 Å². The Morgan fingerprint density at radius 3 is 2.58 bits per heavy atom. The third-order valence-electron chi connectivity index (χ3n) is 1.36. The van der Waals surface area contributed by atoms with E-state index in [1.807, 2.05) is 37.2 Å². The minimum absolute atomic E-state index is 0.641. The number of hydrogen-bond donors (Lipinski definition) is 0. The molecule has 0 aromatic heterocycles. The van der Waals surface area contributed by atoms with Gasteiger partial charge >= 0.3 is 0 Å². The summed E-state index contributed by atoms with van der Waals surface area (Å²) in [5.74, 6) is 0. The first-order valence-electron chi connectivity index (χ1n) is 3.88. The van der Waals surface area contributed by atoms with E-state index in [1.54, 1.807) is 13.2 Å². The van der Waals surface area contributed by atoms with E-state index in [1.165, 1.54) is 0 Å². The van der Waals surface area contributed by atoms with E-state index in [-0.39, 0.29) is 0 Å². The first kappa shape index (κ1) is 11.0. The fourth-order valence-corrected chi connectivity index (χ4v) is 0.740. The van der Waals surface area contributed by atoms with Crippen molar-refractivity contribution in [2.24, 2.45) is 0 Å². The van der Waals surface area contributed by atoms with Gasteiger partial charge in [0.15, 0.2) is 0 Å². The molecule has 0 unspecified atom stereocenters. The Morgan fingerprint density at radius 1 is 1.50 bits per heavy atom. The minimum Gasteiger partial charge on any atom is -0.381 e. The molecule has 2 nitrogen and oxygen atoms in total. The summed E-state index contributed by atoms with van der Waals surface area (Å²) >= 11 is 0. The molecule has 0 aromatic carbocycles. The van der Waals surface area contributed by atoms with Gasteiger partial charge in [0.25, 0.3) is 0 Å². The van der Waals surface area contributed by atoms with E-state index < -0.39 is 0 Å². The highest BCUT2D eigenvalue weighted by Crippen LogP contribution is 2.00. The molecule has 0 saturated heterocycles. The molecule has 2 heteroatoms. The fourth-order valence-electron chi connectivity index (χ4n) is 0.740. The second-order valence-corrected chi connectivity index (χ2v) is 2.58. The summed E-state index contributed by atoms with van der Waals surface area (Å²) in [5, 5.41) is 0. The molecule has 12 heavy (non-hydrogen) atoms. The SMILES string of the molecule is C=C/C=C(\C=C/COC)N(C)C. The average molecular weight is 167 g/mol. The normalized spacial score (nSPS) is 12.1. The molecule has 0 bridgehead atoms. The van der Waals surface area contributed by atoms with E-state index in [9.17, 15) is 0 Å². The van der Waals surface area contributed by atoms with Gasteiger partial charge in [0.05, 0.1) is 6.61 Å². The Balaban J connectivity index is 4.13. The van der Waals surface area contributed by atoms with E-state index >= 15 is 0 Å². The van der Waals surface area contributed by atoms with Crippen LogP contribution in [0.5, 0.6) is 0 Å². The molecule has 0 aliphatic carbocycles. The zero-order valence-corrected chi connectivity index (χ0v) is 8.08. The maximum Gasteiger partial charge on any atom is 0.0647 e. The minimum atomic E-state index is 0.641. The lowest BCUT2D eigenvalue weighted by molar-refractivity contribution is 0.233. The quantitative estimate of drug-likeness (QED) is 0.579. The van der Waals surface area contributed by atoms with Crippen LogP contribution in [0.25, 0.3) is 0 Å². The Kier molecular flexibility index (Phi) is 6.11. The van der Waals surface area contributed by atoms with Gasteiger partial charge in [-0.2, -0.15) is 0 Å². The molecule has 68 valence electrons. The largest absolute Gasteiger partial charge is 0.381 e. The number of ether oxygens (including phenoxy) is 1. The zero-order chi connectivity index (χ0) is 9.40. The second-order valence-electron chi connectivity index (χ2n) is 2.58. The number of hydrogen-bond acceptors (Lipinski definition) is 2. The van der Waals surface area contributed by atoms with Crippen molar-refractivity contribution in [3.8, 4) is 0 Å². The first-order valence-corrected chi connectivity index (χ1v) is 3.88. The number of methoxy groups -OCH3 is 1. The molecular weight excluding hydrogens is 150 g/mol. The van der Waals surface area contributed by atoms with Crippen molar-refractivity contribution in [3.05, 3.63) is 36.6 Å². The molecule has 0 atom stereocenters. The summed E-state index contributed by atoms with van der Waals surface area (Å²) in [6, 6.07) is 0. The molecular formula is C10H17NO. The van der Waals surface area contributed by atoms with Crippen LogP contribution in [0.15, 0.2) is 36.6 Å². The standard InChI is InChI=1S/C10H17NO/c1-5-7-10(11(2)3)8-6-9-12-4/h5-8H,1,9H2,2-4H3/b8-6-,10-7+. The Morgan fingerprint density at radius 2 is 2.17 bits per heavy atom. The predicted molar refractivity (Wildman–Crippen MR) is 53.0 cm³/mol. The fraction of sp³-hybridized carbons (Fsp3) is 0.400. The van der Waals surface area contributed by atoms with E-state index in [4.69, 9.17) is 4.74 Å². The lowest BCUT2D eigenvalue weighted by atomic mass is 10.3. The highest BCUT2D eigenvalue weighted by Gasteiger charge is 1.90. The summed E-state index contributed by atoms with van der Waals surface area (Å²) in [6.45, 7) is 4.28. The third kappa shape index (κ3) is 4.74. The maximum atomic E-state index is 4.89. The van der Waals surface area contributed by atoms with Gasteiger partial charge < -0.3 is 9.64 Å². The van der Waals surface area contributed by atoms with Crippen molar-refractivity contribution in [1.29, 1.82) is 0 Å². The van der Waals surface area contributed by atoms with Gasteiger partial charge in [0.2, 0.25) is 0 Å². The van der Waals surface area contributed by atoms with Crippen molar-refractivity contribution in [2.45, 2.75) is 0 Å². The van der Waals surface area contributed by atoms with Crippen LogP contribution in [-0.4, -0.2) is 32.7 Å². The Labute approximate surface area is 74.8 Å². The average Bonchev–Trinajstić information content (AvgIpc) is 2.03. The van der Waals surface area contributed by atoms with Crippen LogP contribution >= 0.6 is 0 Å². The van der Waals surface area contributed by atoms with Crippen LogP contribution < -0.4 is 0 Å². The van der Waals surface area contributed by atoms with Crippen molar-refractivity contribution in [2.75, 3.05) is 27.8 Å².